The lowest BCUT2D eigenvalue weighted by Crippen LogP contribution is -1.97. The van der Waals surface area contributed by atoms with Crippen LogP contribution in [0.5, 0.6) is 0 Å². The molecule has 0 aliphatic rings. The lowest BCUT2D eigenvalue weighted by atomic mass is 10.0. The lowest BCUT2D eigenvalue weighted by molar-refractivity contribution is -0.119. The van der Waals surface area contributed by atoms with Gasteiger partial charge in [-0.05, 0) is 25.7 Å². The number of hydrogen-bond acceptors (Lipinski definition) is 1. The third kappa shape index (κ3) is 13.5. The van der Waals surface area contributed by atoms with Gasteiger partial charge in [-0.2, -0.15) is 0 Å². The molecule has 0 aromatic carbocycles. The molecule has 0 amide bonds. The van der Waals surface area contributed by atoms with Crippen LogP contribution in [0, 0.1) is 0 Å². The maximum Gasteiger partial charge on any atom is 0.132 e. The van der Waals surface area contributed by atoms with Crippen molar-refractivity contribution in [3.63, 3.8) is 0 Å². The van der Waals surface area contributed by atoms with Crippen molar-refractivity contribution in [2.75, 3.05) is 0 Å². The Kier molecular flexibility index (Phi) is 14.0. The fourth-order valence-electron chi connectivity index (χ4n) is 2.19. The van der Waals surface area contributed by atoms with Crippen molar-refractivity contribution in [2.24, 2.45) is 0 Å². The van der Waals surface area contributed by atoms with Crippen molar-refractivity contribution in [2.45, 2.75) is 90.4 Å². The molecule has 0 aromatic rings. The molecule has 1 heteroatoms. The molecule has 0 aliphatic carbocycles. The molecular formula is C17H32O. The summed E-state index contributed by atoms with van der Waals surface area (Å²) >= 11 is 0. The van der Waals surface area contributed by atoms with Crippen LogP contribution >= 0.6 is 0 Å². The van der Waals surface area contributed by atoms with Crippen molar-refractivity contribution < 1.29 is 4.79 Å². The average molecular weight is 252 g/mol. The predicted octanol–water partition coefficient (Wildman–Crippen LogP) is 5.83. The van der Waals surface area contributed by atoms with Gasteiger partial charge in [-0.1, -0.05) is 57.9 Å². The zero-order valence-corrected chi connectivity index (χ0v) is 12.4. The highest BCUT2D eigenvalue weighted by atomic mass is 16.1. The highest BCUT2D eigenvalue weighted by Crippen LogP contribution is 2.11. The highest BCUT2D eigenvalue weighted by molar-refractivity contribution is 5.78. The molecule has 0 atom stereocenters. The molecule has 0 unspecified atom stereocenters. The van der Waals surface area contributed by atoms with Crippen LogP contribution in [0.4, 0.5) is 0 Å². The van der Waals surface area contributed by atoms with E-state index in [0.29, 0.717) is 5.78 Å². The Labute approximate surface area is 114 Å². The summed E-state index contributed by atoms with van der Waals surface area (Å²) in [6, 6.07) is 0. The van der Waals surface area contributed by atoms with Gasteiger partial charge >= 0.3 is 0 Å². The first-order valence-corrected chi connectivity index (χ1v) is 7.93. The summed E-state index contributed by atoms with van der Waals surface area (Å²) in [6.07, 6.45) is 17.2. The molecule has 106 valence electrons. The first-order chi connectivity index (χ1) is 8.81. The van der Waals surface area contributed by atoms with E-state index in [4.69, 9.17) is 0 Å². The minimum Gasteiger partial charge on any atom is -0.300 e. The van der Waals surface area contributed by atoms with Crippen LogP contribution in [0.25, 0.3) is 0 Å². The molecule has 0 N–H and O–H groups in total. The summed E-state index contributed by atoms with van der Waals surface area (Å²) in [5.74, 6) is 0.463. The number of carbonyl (C=O) groups is 1. The van der Waals surface area contributed by atoms with E-state index < -0.39 is 0 Å². The van der Waals surface area contributed by atoms with E-state index in [1.54, 1.807) is 0 Å². The van der Waals surface area contributed by atoms with Crippen molar-refractivity contribution in [1.29, 1.82) is 0 Å². The summed E-state index contributed by atoms with van der Waals surface area (Å²) in [5.41, 5.74) is 0. The van der Waals surface area contributed by atoms with E-state index >= 15 is 0 Å². The van der Waals surface area contributed by atoms with Crippen LogP contribution in [0.1, 0.15) is 90.4 Å². The van der Waals surface area contributed by atoms with Gasteiger partial charge in [0.15, 0.2) is 0 Å². The Balaban J connectivity index is 3.12. The zero-order chi connectivity index (χ0) is 13.5. The first kappa shape index (κ1) is 17.4. The van der Waals surface area contributed by atoms with Crippen LogP contribution in [0.2, 0.25) is 0 Å². The Bertz CT molecular complexity index is 196. The zero-order valence-electron chi connectivity index (χ0n) is 12.4. The first-order valence-electron chi connectivity index (χ1n) is 7.93. The second-order valence-corrected chi connectivity index (χ2v) is 5.30. The predicted molar refractivity (Wildman–Crippen MR) is 80.9 cm³/mol. The maximum atomic E-state index is 11.6. The monoisotopic (exact) mass is 252 g/mol. The molecule has 0 radical (unpaired) electrons. The van der Waals surface area contributed by atoms with Gasteiger partial charge in [-0.25, -0.2) is 0 Å². The van der Waals surface area contributed by atoms with Gasteiger partial charge in [-0.15, -0.1) is 6.58 Å². The van der Waals surface area contributed by atoms with E-state index in [1.807, 2.05) is 6.08 Å². The summed E-state index contributed by atoms with van der Waals surface area (Å²) in [5, 5.41) is 0. The quantitative estimate of drug-likeness (QED) is 0.281. The van der Waals surface area contributed by atoms with Gasteiger partial charge < -0.3 is 0 Å². The molecule has 0 saturated heterocycles. The molecule has 0 spiro atoms. The van der Waals surface area contributed by atoms with E-state index in [-0.39, 0.29) is 0 Å². The third-order valence-electron chi connectivity index (χ3n) is 3.42. The number of carbonyl (C=O) groups excluding carboxylic acids is 1. The van der Waals surface area contributed by atoms with E-state index in [0.717, 1.165) is 38.5 Å². The Morgan fingerprint density at radius 1 is 0.833 bits per heavy atom. The molecule has 0 aromatic heterocycles. The lowest BCUT2D eigenvalue weighted by Gasteiger charge is -2.02. The second-order valence-electron chi connectivity index (χ2n) is 5.30. The third-order valence-corrected chi connectivity index (χ3v) is 3.42. The molecule has 18 heavy (non-hydrogen) atoms. The van der Waals surface area contributed by atoms with Crippen LogP contribution in [0.3, 0.4) is 0 Å². The fourth-order valence-corrected chi connectivity index (χ4v) is 2.19. The summed E-state index contributed by atoms with van der Waals surface area (Å²) in [4.78, 5) is 11.6. The normalized spacial score (nSPS) is 10.5. The molecule has 1 nitrogen and oxygen atoms in total. The molecular weight excluding hydrogens is 220 g/mol. The van der Waals surface area contributed by atoms with Gasteiger partial charge in [0.05, 0.1) is 0 Å². The minimum absolute atomic E-state index is 0.463. The Hall–Kier alpha value is -0.590. The second kappa shape index (κ2) is 14.5. The summed E-state index contributed by atoms with van der Waals surface area (Å²) in [7, 11) is 0. The van der Waals surface area contributed by atoms with Crippen LogP contribution in [0.15, 0.2) is 12.7 Å². The topological polar surface area (TPSA) is 17.1 Å². The van der Waals surface area contributed by atoms with E-state index in [9.17, 15) is 4.79 Å². The smallest absolute Gasteiger partial charge is 0.132 e. The Morgan fingerprint density at radius 2 is 1.33 bits per heavy atom. The Morgan fingerprint density at radius 3 is 1.89 bits per heavy atom. The van der Waals surface area contributed by atoms with Crippen molar-refractivity contribution in [3.8, 4) is 0 Å². The fraction of sp³-hybridized carbons (Fsp3) is 0.824. The van der Waals surface area contributed by atoms with E-state index in [1.165, 1.54) is 44.9 Å². The average Bonchev–Trinajstić information content (AvgIpc) is 2.38. The minimum atomic E-state index is 0.463. The highest BCUT2D eigenvalue weighted by Gasteiger charge is 2.01. The molecule has 0 aliphatic heterocycles. The van der Waals surface area contributed by atoms with Gasteiger partial charge in [0.25, 0.3) is 0 Å². The van der Waals surface area contributed by atoms with Gasteiger partial charge in [0.1, 0.15) is 5.78 Å². The maximum absolute atomic E-state index is 11.6. The van der Waals surface area contributed by atoms with E-state index in [2.05, 4.69) is 13.5 Å². The van der Waals surface area contributed by atoms with Crippen molar-refractivity contribution in [1.82, 2.24) is 0 Å². The number of ketones is 1. The number of unbranched alkanes of at least 4 members (excludes halogenated alkanes) is 9. The standard InChI is InChI=1S/C17H32O/c1-3-5-7-9-10-11-12-14-16-17(18)15-13-8-6-4-2/h4H,2-3,5-16H2,1H3. The van der Waals surface area contributed by atoms with Crippen molar-refractivity contribution >= 4 is 5.78 Å². The number of Topliss-reactive ketones (excluding diaryl/α,β-unsaturated/α-hetero) is 1. The number of hydrogen-bond donors (Lipinski definition) is 0. The van der Waals surface area contributed by atoms with Gasteiger partial charge in [0, 0.05) is 12.8 Å². The largest absolute Gasteiger partial charge is 0.300 e. The van der Waals surface area contributed by atoms with Crippen molar-refractivity contribution in [3.05, 3.63) is 12.7 Å². The van der Waals surface area contributed by atoms with Crippen LogP contribution in [-0.2, 0) is 4.79 Å². The number of rotatable bonds is 14. The van der Waals surface area contributed by atoms with Crippen LogP contribution in [-0.4, -0.2) is 5.78 Å². The van der Waals surface area contributed by atoms with Gasteiger partial charge in [0.2, 0.25) is 0 Å². The molecule has 0 bridgehead atoms. The summed E-state index contributed by atoms with van der Waals surface area (Å²) in [6.45, 7) is 5.94. The SMILES string of the molecule is C=CCCCCC(=O)CCCCCCCCCC. The van der Waals surface area contributed by atoms with Gasteiger partial charge in [-0.3, -0.25) is 4.79 Å². The molecule has 0 saturated carbocycles. The molecule has 0 rings (SSSR count). The summed E-state index contributed by atoms with van der Waals surface area (Å²) < 4.78 is 0. The number of allylic oxidation sites excluding steroid dienone is 1. The molecule has 0 heterocycles. The molecule has 0 fully saturated rings. The van der Waals surface area contributed by atoms with Crippen LogP contribution < -0.4 is 0 Å².